The molecule has 2 amide bonds. The number of amides is 2. The Morgan fingerprint density at radius 3 is 2.50 bits per heavy atom. The van der Waals surface area contributed by atoms with Crippen molar-refractivity contribution in [2.75, 3.05) is 32.7 Å². The van der Waals surface area contributed by atoms with Gasteiger partial charge in [-0.2, -0.15) is 0 Å². The highest BCUT2D eigenvalue weighted by Crippen LogP contribution is 2.25. The molecule has 0 aliphatic carbocycles. The van der Waals surface area contributed by atoms with E-state index in [0.29, 0.717) is 37.5 Å². The van der Waals surface area contributed by atoms with Crippen molar-refractivity contribution in [3.63, 3.8) is 0 Å². The van der Waals surface area contributed by atoms with E-state index in [1.807, 2.05) is 6.07 Å². The molecule has 1 saturated heterocycles. The number of likely N-dealkylation sites (tertiary alicyclic amines) is 1. The summed E-state index contributed by atoms with van der Waals surface area (Å²) < 4.78 is 13.4. The Morgan fingerprint density at radius 1 is 1.15 bits per heavy atom. The first kappa shape index (κ1) is 25.8. The molecule has 2 aromatic rings. The molecule has 34 heavy (non-hydrogen) atoms. The summed E-state index contributed by atoms with van der Waals surface area (Å²) in [5, 5.41) is 2.87. The van der Waals surface area contributed by atoms with E-state index in [1.165, 1.54) is 29.8 Å². The topological polar surface area (TPSA) is 78.7 Å². The molecular formula is C27H37FN4O2. The molecule has 1 aliphatic heterocycles. The second-order valence-corrected chi connectivity index (χ2v) is 9.40. The molecule has 1 heterocycles. The standard InChI is InChI=1S/C27H37FN4O2/c1-20(2)19-31(16-12-21-6-4-3-5-7-21)24-13-17-32(25(18-24)26(33)30-15-14-29)27(34)22-8-10-23(28)11-9-22/h3-11,20,24-25H,12-19,29H2,1-2H3,(H,30,33)/t24?,25-/m1/s1. The summed E-state index contributed by atoms with van der Waals surface area (Å²) in [7, 11) is 0. The van der Waals surface area contributed by atoms with Crippen LogP contribution in [0.15, 0.2) is 54.6 Å². The fourth-order valence-corrected chi connectivity index (χ4v) is 4.65. The van der Waals surface area contributed by atoms with Crippen LogP contribution < -0.4 is 11.1 Å². The Morgan fingerprint density at radius 2 is 1.85 bits per heavy atom. The summed E-state index contributed by atoms with van der Waals surface area (Å²) in [4.78, 5) is 30.4. The quantitative estimate of drug-likeness (QED) is 0.562. The number of nitrogens with zero attached hydrogens (tertiary/aromatic N) is 2. The SMILES string of the molecule is CC(C)CN(CCc1ccccc1)C1CCN(C(=O)c2ccc(F)cc2)[C@@H](C(=O)NCCN)C1. The summed E-state index contributed by atoms with van der Waals surface area (Å²) >= 11 is 0. The maximum absolute atomic E-state index is 13.4. The molecule has 3 rings (SSSR count). The lowest BCUT2D eigenvalue weighted by Crippen LogP contribution is -2.58. The van der Waals surface area contributed by atoms with Gasteiger partial charge in [0.2, 0.25) is 5.91 Å². The van der Waals surface area contributed by atoms with E-state index < -0.39 is 11.9 Å². The van der Waals surface area contributed by atoms with E-state index in [2.05, 4.69) is 48.3 Å². The minimum absolute atomic E-state index is 0.182. The third-order valence-electron chi connectivity index (χ3n) is 6.32. The molecule has 0 bridgehead atoms. The van der Waals surface area contributed by atoms with Gasteiger partial charge in [0.1, 0.15) is 11.9 Å². The van der Waals surface area contributed by atoms with Gasteiger partial charge in [-0.3, -0.25) is 14.5 Å². The van der Waals surface area contributed by atoms with Gasteiger partial charge in [0.25, 0.3) is 5.91 Å². The third kappa shape index (κ3) is 7.11. The van der Waals surface area contributed by atoms with Crippen LogP contribution in [0.3, 0.4) is 0 Å². The van der Waals surface area contributed by atoms with Crippen molar-refractivity contribution < 1.29 is 14.0 Å². The van der Waals surface area contributed by atoms with Gasteiger partial charge in [-0.15, -0.1) is 0 Å². The molecule has 6 nitrogen and oxygen atoms in total. The summed E-state index contributed by atoms with van der Waals surface area (Å²) in [5.74, 6) is -0.335. The Hall–Kier alpha value is -2.77. The van der Waals surface area contributed by atoms with Gasteiger partial charge in [0.15, 0.2) is 0 Å². The van der Waals surface area contributed by atoms with Crippen LogP contribution in [0.4, 0.5) is 4.39 Å². The van der Waals surface area contributed by atoms with E-state index in [9.17, 15) is 14.0 Å². The van der Waals surface area contributed by atoms with Crippen molar-refractivity contribution in [1.29, 1.82) is 0 Å². The maximum atomic E-state index is 13.4. The first-order valence-electron chi connectivity index (χ1n) is 12.2. The highest BCUT2D eigenvalue weighted by Gasteiger charge is 2.38. The fourth-order valence-electron chi connectivity index (χ4n) is 4.65. The summed E-state index contributed by atoms with van der Waals surface area (Å²) in [6.45, 7) is 7.41. The molecular weight excluding hydrogens is 431 g/mol. The van der Waals surface area contributed by atoms with Crippen molar-refractivity contribution in [3.8, 4) is 0 Å². The number of carbonyl (C=O) groups excluding carboxylic acids is 2. The predicted molar refractivity (Wildman–Crippen MR) is 133 cm³/mol. The van der Waals surface area contributed by atoms with Crippen LogP contribution in [0.25, 0.3) is 0 Å². The van der Waals surface area contributed by atoms with Gasteiger partial charge in [0, 0.05) is 44.3 Å². The number of halogens is 1. The molecule has 1 unspecified atom stereocenters. The van der Waals surface area contributed by atoms with Crippen LogP contribution in [0.5, 0.6) is 0 Å². The molecule has 0 spiro atoms. The molecule has 0 saturated carbocycles. The average Bonchev–Trinajstić information content (AvgIpc) is 2.85. The molecule has 0 aromatic heterocycles. The number of nitrogens with two attached hydrogens (primary N) is 1. The lowest BCUT2D eigenvalue weighted by Gasteiger charge is -2.43. The Bertz CT molecular complexity index is 920. The Kier molecular flexibility index (Phi) is 9.60. The van der Waals surface area contributed by atoms with Crippen LogP contribution in [0.2, 0.25) is 0 Å². The lowest BCUT2D eigenvalue weighted by molar-refractivity contribution is -0.127. The van der Waals surface area contributed by atoms with Crippen molar-refractivity contribution in [2.24, 2.45) is 11.7 Å². The molecule has 184 valence electrons. The Labute approximate surface area is 202 Å². The predicted octanol–water partition coefficient (Wildman–Crippen LogP) is 3.07. The average molecular weight is 469 g/mol. The number of benzene rings is 2. The number of rotatable bonds is 10. The molecule has 1 fully saturated rings. The van der Waals surface area contributed by atoms with Gasteiger partial charge < -0.3 is 16.0 Å². The van der Waals surface area contributed by atoms with Gasteiger partial charge >= 0.3 is 0 Å². The molecule has 1 aliphatic rings. The number of hydrogen-bond donors (Lipinski definition) is 2. The molecule has 3 N–H and O–H groups in total. The number of piperidine rings is 1. The van der Waals surface area contributed by atoms with E-state index in [1.54, 1.807) is 4.90 Å². The number of nitrogens with one attached hydrogen (secondary N) is 1. The Balaban J connectivity index is 1.77. The van der Waals surface area contributed by atoms with Crippen molar-refractivity contribution >= 4 is 11.8 Å². The second kappa shape index (κ2) is 12.6. The zero-order chi connectivity index (χ0) is 24.5. The number of hydrogen-bond acceptors (Lipinski definition) is 4. The second-order valence-electron chi connectivity index (χ2n) is 9.40. The largest absolute Gasteiger partial charge is 0.353 e. The summed E-state index contributed by atoms with van der Waals surface area (Å²) in [5.41, 5.74) is 7.27. The van der Waals surface area contributed by atoms with Crippen LogP contribution in [0.1, 0.15) is 42.6 Å². The van der Waals surface area contributed by atoms with Crippen LogP contribution >= 0.6 is 0 Å². The van der Waals surface area contributed by atoms with E-state index in [0.717, 1.165) is 25.9 Å². The fraction of sp³-hybridized carbons (Fsp3) is 0.481. The van der Waals surface area contributed by atoms with Crippen molar-refractivity contribution in [1.82, 2.24) is 15.1 Å². The normalized spacial score (nSPS) is 18.4. The monoisotopic (exact) mass is 468 g/mol. The first-order chi connectivity index (χ1) is 16.4. The third-order valence-corrected chi connectivity index (χ3v) is 6.32. The summed E-state index contributed by atoms with van der Waals surface area (Å²) in [6, 6.07) is 15.5. The minimum Gasteiger partial charge on any atom is -0.353 e. The van der Waals surface area contributed by atoms with Crippen molar-refractivity contribution in [3.05, 3.63) is 71.5 Å². The zero-order valence-electron chi connectivity index (χ0n) is 20.3. The highest BCUT2D eigenvalue weighted by atomic mass is 19.1. The van der Waals surface area contributed by atoms with Gasteiger partial charge in [-0.1, -0.05) is 44.2 Å². The maximum Gasteiger partial charge on any atom is 0.254 e. The van der Waals surface area contributed by atoms with Crippen LogP contribution in [0, 0.1) is 11.7 Å². The van der Waals surface area contributed by atoms with Crippen LogP contribution in [-0.4, -0.2) is 66.4 Å². The van der Waals surface area contributed by atoms with Gasteiger partial charge in [-0.25, -0.2) is 4.39 Å². The van der Waals surface area contributed by atoms with E-state index in [4.69, 9.17) is 5.73 Å². The van der Waals surface area contributed by atoms with Crippen LogP contribution in [-0.2, 0) is 11.2 Å². The highest BCUT2D eigenvalue weighted by molar-refractivity contribution is 5.97. The van der Waals surface area contributed by atoms with Crippen molar-refractivity contribution in [2.45, 2.75) is 45.2 Å². The number of carbonyl (C=O) groups is 2. The van der Waals surface area contributed by atoms with Gasteiger partial charge in [-0.05, 0) is 55.0 Å². The lowest BCUT2D eigenvalue weighted by atomic mass is 9.93. The molecule has 7 heteroatoms. The minimum atomic E-state index is -0.589. The smallest absolute Gasteiger partial charge is 0.254 e. The van der Waals surface area contributed by atoms with E-state index in [-0.39, 0.29) is 17.9 Å². The zero-order valence-corrected chi connectivity index (χ0v) is 20.3. The molecule has 2 atom stereocenters. The summed E-state index contributed by atoms with van der Waals surface area (Å²) in [6.07, 6.45) is 2.28. The van der Waals surface area contributed by atoms with Gasteiger partial charge in [0.05, 0.1) is 0 Å². The molecule has 2 aromatic carbocycles. The van der Waals surface area contributed by atoms with E-state index >= 15 is 0 Å². The molecule has 0 radical (unpaired) electrons. The first-order valence-corrected chi connectivity index (χ1v) is 12.2.